The number of carbonyl (C=O) groups is 1. The number of hydrogen-bond acceptors (Lipinski definition) is 3. The maximum absolute atomic E-state index is 11.4. The molecule has 5 rings (SSSR count). The lowest BCUT2D eigenvalue weighted by atomic mass is 10.1. The van der Waals surface area contributed by atoms with Crippen molar-refractivity contribution < 1.29 is 9.90 Å². The van der Waals surface area contributed by atoms with Crippen LogP contribution < -0.4 is 5.43 Å². The van der Waals surface area contributed by atoms with Crippen LogP contribution in [0.2, 0.25) is 5.02 Å². The molecule has 0 saturated heterocycles. The molecule has 0 amide bonds. The number of hydrogen-bond donors (Lipinski definition) is 2. The van der Waals surface area contributed by atoms with E-state index in [1.165, 1.54) is 6.07 Å². The van der Waals surface area contributed by atoms with Gasteiger partial charge in [0.25, 0.3) is 0 Å². The highest BCUT2D eigenvalue weighted by Gasteiger charge is 2.18. The van der Waals surface area contributed by atoms with Gasteiger partial charge in [0, 0.05) is 16.6 Å². The molecule has 0 bridgehead atoms. The van der Waals surface area contributed by atoms with Gasteiger partial charge in [-0.15, -0.1) is 0 Å². The molecule has 6 heteroatoms. The Bertz CT molecular complexity index is 1510. The van der Waals surface area contributed by atoms with Crippen molar-refractivity contribution >= 4 is 40.4 Å². The standard InChI is InChI=1S/C28H20ClN3O2/c29-25-16-15-20(17-23(25)28(33)34)31-30-18-24-22-13-7-8-14-26(22)32(21-11-5-2-6-12-21)27(24)19-9-3-1-4-10-19/h1-18,31H,(H,33,34). The van der Waals surface area contributed by atoms with Crippen molar-refractivity contribution in [3.8, 4) is 16.9 Å². The maximum Gasteiger partial charge on any atom is 0.337 e. The average Bonchev–Trinajstić information content (AvgIpc) is 3.20. The van der Waals surface area contributed by atoms with Gasteiger partial charge in [0.05, 0.1) is 33.7 Å². The molecule has 0 aliphatic heterocycles. The van der Waals surface area contributed by atoms with Crippen LogP contribution >= 0.6 is 11.6 Å². The Labute approximate surface area is 201 Å². The third-order valence-electron chi connectivity index (χ3n) is 5.56. The largest absolute Gasteiger partial charge is 0.478 e. The SMILES string of the molecule is O=C(O)c1cc(NN=Cc2c(-c3ccccc3)n(-c3ccccc3)c3ccccc23)ccc1Cl. The predicted octanol–water partition coefficient (Wildman–Crippen LogP) is 7.10. The molecule has 0 spiro atoms. The summed E-state index contributed by atoms with van der Waals surface area (Å²) in [6.45, 7) is 0. The predicted molar refractivity (Wildman–Crippen MR) is 138 cm³/mol. The molecule has 0 aliphatic rings. The van der Waals surface area contributed by atoms with Crippen LogP contribution in [-0.2, 0) is 0 Å². The number of nitrogens with zero attached hydrogens (tertiary/aromatic N) is 2. The fourth-order valence-corrected chi connectivity index (χ4v) is 4.25. The highest BCUT2D eigenvalue weighted by molar-refractivity contribution is 6.33. The average molecular weight is 466 g/mol. The van der Waals surface area contributed by atoms with Crippen LogP contribution in [0.4, 0.5) is 5.69 Å². The molecule has 1 aromatic heterocycles. The molecule has 4 aromatic carbocycles. The number of nitrogens with one attached hydrogen (secondary N) is 1. The topological polar surface area (TPSA) is 66.6 Å². The normalized spacial score (nSPS) is 11.2. The van der Waals surface area contributed by atoms with E-state index in [2.05, 4.69) is 51.5 Å². The van der Waals surface area contributed by atoms with Crippen molar-refractivity contribution in [3.63, 3.8) is 0 Å². The highest BCUT2D eigenvalue weighted by atomic mass is 35.5. The fourth-order valence-electron chi connectivity index (χ4n) is 4.05. The van der Waals surface area contributed by atoms with Gasteiger partial charge in [-0.3, -0.25) is 5.43 Å². The molecule has 0 unspecified atom stereocenters. The number of para-hydroxylation sites is 2. The Morgan fingerprint density at radius 2 is 1.56 bits per heavy atom. The number of hydrazone groups is 1. The highest BCUT2D eigenvalue weighted by Crippen LogP contribution is 2.35. The van der Waals surface area contributed by atoms with Gasteiger partial charge >= 0.3 is 5.97 Å². The lowest BCUT2D eigenvalue weighted by molar-refractivity contribution is 0.0697. The summed E-state index contributed by atoms with van der Waals surface area (Å²) in [7, 11) is 0. The smallest absolute Gasteiger partial charge is 0.337 e. The summed E-state index contributed by atoms with van der Waals surface area (Å²) in [6, 6.07) is 33.3. The number of carboxylic acid groups (broad SMARTS) is 1. The lowest BCUT2D eigenvalue weighted by Crippen LogP contribution is -2.00. The van der Waals surface area contributed by atoms with E-state index in [-0.39, 0.29) is 10.6 Å². The van der Waals surface area contributed by atoms with E-state index in [0.29, 0.717) is 5.69 Å². The van der Waals surface area contributed by atoms with Crippen LogP contribution in [0, 0.1) is 0 Å². The van der Waals surface area contributed by atoms with Gasteiger partial charge in [-0.1, -0.05) is 78.3 Å². The molecule has 2 N–H and O–H groups in total. The Morgan fingerprint density at radius 3 is 2.29 bits per heavy atom. The quantitative estimate of drug-likeness (QED) is 0.208. The van der Waals surface area contributed by atoms with Gasteiger partial charge in [0.2, 0.25) is 0 Å². The zero-order chi connectivity index (χ0) is 23.5. The summed E-state index contributed by atoms with van der Waals surface area (Å²) in [5, 5.41) is 15.0. The molecule has 0 radical (unpaired) electrons. The van der Waals surface area contributed by atoms with Crippen LogP contribution in [0.25, 0.3) is 27.8 Å². The maximum atomic E-state index is 11.4. The van der Waals surface area contributed by atoms with Crippen LogP contribution in [0.15, 0.2) is 108 Å². The number of aromatic nitrogens is 1. The van der Waals surface area contributed by atoms with Crippen LogP contribution in [0.3, 0.4) is 0 Å². The first-order valence-corrected chi connectivity index (χ1v) is 11.1. The molecular weight excluding hydrogens is 446 g/mol. The first-order valence-electron chi connectivity index (χ1n) is 10.7. The second kappa shape index (κ2) is 9.25. The van der Waals surface area contributed by atoms with Crippen molar-refractivity contribution in [2.45, 2.75) is 0 Å². The van der Waals surface area contributed by atoms with Crippen molar-refractivity contribution in [2.24, 2.45) is 5.10 Å². The molecule has 5 nitrogen and oxygen atoms in total. The molecule has 166 valence electrons. The summed E-state index contributed by atoms with van der Waals surface area (Å²) in [6.07, 6.45) is 1.78. The number of benzene rings is 4. The Balaban J connectivity index is 1.66. The summed E-state index contributed by atoms with van der Waals surface area (Å²) in [5.74, 6) is -1.09. The Hall–Kier alpha value is -4.35. The third kappa shape index (κ3) is 4.05. The minimum Gasteiger partial charge on any atom is -0.478 e. The number of aromatic carboxylic acids is 1. The zero-order valence-corrected chi connectivity index (χ0v) is 18.8. The molecule has 0 fully saturated rings. The molecular formula is C28H20ClN3O2. The van der Waals surface area contributed by atoms with Gasteiger partial charge < -0.3 is 9.67 Å². The van der Waals surface area contributed by atoms with Crippen molar-refractivity contribution in [1.82, 2.24) is 4.57 Å². The van der Waals surface area contributed by atoms with E-state index in [4.69, 9.17) is 11.6 Å². The number of carboxylic acids is 1. The zero-order valence-electron chi connectivity index (χ0n) is 18.0. The van der Waals surface area contributed by atoms with Gasteiger partial charge in [0.15, 0.2) is 0 Å². The first-order chi connectivity index (χ1) is 16.6. The third-order valence-corrected chi connectivity index (χ3v) is 5.89. The number of anilines is 1. The first kappa shape index (κ1) is 21.5. The van der Waals surface area contributed by atoms with E-state index in [0.717, 1.165) is 33.4 Å². The number of rotatable bonds is 6. The van der Waals surface area contributed by atoms with Gasteiger partial charge in [-0.2, -0.15) is 5.10 Å². The summed E-state index contributed by atoms with van der Waals surface area (Å²) in [5.41, 5.74) is 8.64. The van der Waals surface area contributed by atoms with Crippen molar-refractivity contribution in [3.05, 3.63) is 119 Å². The second-order valence-electron chi connectivity index (χ2n) is 7.69. The van der Waals surface area contributed by atoms with Gasteiger partial charge in [-0.05, 0) is 42.0 Å². The van der Waals surface area contributed by atoms with E-state index in [1.807, 2.05) is 48.5 Å². The molecule has 0 aliphatic carbocycles. The summed E-state index contributed by atoms with van der Waals surface area (Å²) >= 11 is 5.99. The van der Waals surface area contributed by atoms with E-state index in [1.54, 1.807) is 18.3 Å². The Kier molecular flexibility index (Phi) is 5.85. The second-order valence-corrected chi connectivity index (χ2v) is 8.09. The van der Waals surface area contributed by atoms with E-state index >= 15 is 0 Å². The fraction of sp³-hybridized carbons (Fsp3) is 0. The van der Waals surface area contributed by atoms with Crippen molar-refractivity contribution in [1.29, 1.82) is 0 Å². The summed E-state index contributed by atoms with van der Waals surface area (Å²) in [4.78, 5) is 11.4. The molecule has 1 heterocycles. The Morgan fingerprint density at radius 1 is 0.882 bits per heavy atom. The monoisotopic (exact) mass is 465 g/mol. The summed E-state index contributed by atoms with van der Waals surface area (Å²) < 4.78 is 2.23. The van der Waals surface area contributed by atoms with Crippen LogP contribution in [-0.4, -0.2) is 21.9 Å². The number of halogens is 1. The minimum atomic E-state index is -1.09. The van der Waals surface area contributed by atoms with E-state index in [9.17, 15) is 9.90 Å². The minimum absolute atomic E-state index is 0.0209. The number of fused-ring (bicyclic) bond motifs is 1. The van der Waals surface area contributed by atoms with Crippen molar-refractivity contribution in [2.75, 3.05) is 5.43 Å². The van der Waals surface area contributed by atoms with Gasteiger partial charge in [-0.25, -0.2) is 4.79 Å². The van der Waals surface area contributed by atoms with Crippen LogP contribution in [0.1, 0.15) is 15.9 Å². The molecule has 5 aromatic rings. The molecule has 0 atom stereocenters. The lowest BCUT2D eigenvalue weighted by Gasteiger charge is -2.12. The molecule has 34 heavy (non-hydrogen) atoms. The van der Waals surface area contributed by atoms with Crippen LogP contribution in [0.5, 0.6) is 0 Å². The van der Waals surface area contributed by atoms with E-state index < -0.39 is 5.97 Å². The molecule has 0 saturated carbocycles. The van der Waals surface area contributed by atoms with Gasteiger partial charge in [0.1, 0.15) is 0 Å².